The molecule has 0 amide bonds. The van der Waals surface area contributed by atoms with Gasteiger partial charge in [0.2, 0.25) is 0 Å². The number of anilines is 1. The van der Waals surface area contributed by atoms with Gasteiger partial charge in [-0.3, -0.25) is 10.1 Å². The van der Waals surface area contributed by atoms with E-state index in [1.165, 1.54) is 6.07 Å². The lowest BCUT2D eigenvalue weighted by molar-refractivity contribution is -0.385. The summed E-state index contributed by atoms with van der Waals surface area (Å²) in [6.45, 7) is 2.61. The summed E-state index contributed by atoms with van der Waals surface area (Å²) in [4.78, 5) is 11.9. The summed E-state index contributed by atoms with van der Waals surface area (Å²) >= 11 is 0. The SMILES string of the molecule is CCN(C)c1cccc([N+](=O)[O-])c1C#N. The van der Waals surface area contributed by atoms with E-state index in [1.807, 2.05) is 13.0 Å². The van der Waals surface area contributed by atoms with Gasteiger partial charge < -0.3 is 4.90 Å². The fourth-order valence-electron chi connectivity index (χ4n) is 1.28. The third-order valence-corrected chi connectivity index (χ3v) is 2.21. The van der Waals surface area contributed by atoms with Crippen molar-refractivity contribution < 1.29 is 4.92 Å². The second kappa shape index (κ2) is 4.42. The molecule has 1 aromatic carbocycles. The first-order chi connectivity index (χ1) is 7.11. The highest BCUT2D eigenvalue weighted by Gasteiger charge is 2.18. The number of nitrogens with zero attached hydrogens (tertiary/aromatic N) is 3. The van der Waals surface area contributed by atoms with Crippen LogP contribution in [-0.2, 0) is 0 Å². The maximum atomic E-state index is 10.7. The molecule has 0 saturated heterocycles. The Balaban J connectivity index is 3.36. The summed E-state index contributed by atoms with van der Waals surface area (Å²) < 4.78 is 0. The van der Waals surface area contributed by atoms with Crippen LogP contribution >= 0.6 is 0 Å². The van der Waals surface area contributed by atoms with Gasteiger partial charge in [0.05, 0.1) is 10.6 Å². The maximum Gasteiger partial charge on any atom is 0.289 e. The van der Waals surface area contributed by atoms with Crippen molar-refractivity contribution in [2.45, 2.75) is 6.92 Å². The molecule has 0 N–H and O–H groups in total. The van der Waals surface area contributed by atoms with Gasteiger partial charge in [-0.25, -0.2) is 0 Å². The molecule has 15 heavy (non-hydrogen) atoms. The minimum absolute atomic E-state index is 0.117. The van der Waals surface area contributed by atoms with E-state index in [-0.39, 0.29) is 11.3 Å². The molecule has 1 rings (SSSR count). The molecule has 5 heteroatoms. The standard InChI is InChI=1S/C10H11N3O2/c1-3-12(2)9-5-4-6-10(13(14)15)8(9)7-11/h4-6H,3H2,1-2H3. The number of benzene rings is 1. The summed E-state index contributed by atoms with van der Waals surface area (Å²) in [5.74, 6) is 0. The lowest BCUT2D eigenvalue weighted by Gasteiger charge is -2.17. The highest BCUT2D eigenvalue weighted by Crippen LogP contribution is 2.27. The van der Waals surface area contributed by atoms with E-state index < -0.39 is 4.92 Å². The Labute approximate surface area is 87.7 Å². The van der Waals surface area contributed by atoms with Crippen LogP contribution < -0.4 is 4.90 Å². The molecule has 0 atom stereocenters. The minimum Gasteiger partial charge on any atom is -0.374 e. The average molecular weight is 205 g/mol. The Hall–Kier alpha value is -2.09. The van der Waals surface area contributed by atoms with E-state index >= 15 is 0 Å². The maximum absolute atomic E-state index is 10.7. The second-order valence-corrected chi connectivity index (χ2v) is 3.05. The molecule has 1 aromatic rings. The lowest BCUT2D eigenvalue weighted by Crippen LogP contribution is -2.17. The Morgan fingerprint density at radius 2 is 2.27 bits per heavy atom. The second-order valence-electron chi connectivity index (χ2n) is 3.05. The van der Waals surface area contributed by atoms with Crippen molar-refractivity contribution in [3.63, 3.8) is 0 Å². The minimum atomic E-state index is -0.536. The van der Waals surface area contributed by atoms with E-state index in [9.17, 15) is 10.1 Å². The molecule has 0 radical (unpaired) electrons. The van der Waals surface area contributed by atoms with Gasteiger partial charge in [-0.05, 0) is 13.0 Å². The highest BCUT2D eigenvalue weighted by atomic mass is 16.6. The zero-order valence-corrected chi connectivity index (χ0v) is 8.60. The van der Waals surface area contributed by atoms with Crippen LogP contribution in [-0.4, -0.2) is 18.5 Å². The highest BCUT2D eigenvalue weighted by molar-refractivity contribution is 5.67. The summed E-state index contributed by atoms with van der Waals surface area (Å²) in [6, 6.07) is 6.50. The zero-order valence-electron chi connectivity index (χ0n) is 8.60. The molecule has 0 spiro atoms. The molecule has 0 bridgehead atoms. The molecular formula is C10H11N3O2. The molecule has 0 aliphatic heterocycles. The van der Waals surface area contributed by atoms with Gasteiger partial charge in [-0.15, -0.1) is 0 Å². The number of rotatable bonds is 3. The van der Waals surface area contributed by atoms with E-state index in [2.05, 4.69) is 0 Å². The van der Waals surface area contributed by atoms with Crippen molar-refractivity contribution in [1.82, 2.24) is 0 Å². The van der Waals surface area contributed by atoms with E-state index in [1.54, 1.807) is 24.1 Å². The molecule has 0 unspecified atom stereocenters. The Bertz CT molecular complexity index is 423. The number of nitro benzene ring substituents is 1. The fourth-order valence-corrected chi connectivity index (χ4v) is 1.28. The average Bonchev–Trinajstić information content (AvgIpc) is 2.26. The van der Waals surface area contributed by atoms with Crippen molar-refractivity contribution in [3.05, 3.63) is 33.9 Å². The summed E-state index contributed by atoms with van der Waals surface area (Å²) in [6.07, 6.45) is 0. The first kappa shape index (κ1) is 11.0. The van der Waals surface area contributed by atoms with Gasteiger partial charge >= 0.3 is 0 Å². The largest absolute Gasteiger partial charge is 0.374 e. The van der Waals surface area contributed by atoms with Gasteiger partial charge in [0, 0.05) is 19.7 Å². The molecular weight excluding hydrogens is 194 g/mol. The van der Waals surface area contributed by atoms with Gasteiger partial charge in [-0.1, -0.05) is 6.07 Å². The number of nitro groups is 1. The molecule has 0 saturated carbocycles. The van der Waals surface area contributed by atoms with Gasteiger partial charge in [0.25, 0.3) is 5.69 Å². The zero-order chi connectivity index (χ0) is 11.4. The topological polar surface area (TPSA) is 70.2 Å². The van der Waals surface area contributed by atoms with Crippen LogP contribution in [0.3, 0.4) is 0 Å². The first-order valence-electron chi connectivity index (χ1n) is 4.50. The van der Waals surface area contributed by atoms with Crippen LogP contribution in [0.1, 0.15) is 12.5 Å². The number of hydrogen-bond acceptors (Lipinski definition) is 4. The van der Waals surface area contributed by atoms with Crippen molar-refractivity contribution in [2.24, 2.45) is 0 Å². The van der Waals surface area contributed by atoms with Crippen LogP contribution in [0.15, 0.2) is 18.2 Å². The molecule has 0 aromatic heterocycles. The molecule has 0 heterocycles. The van der Waals surface area contributed by atoms with E-state index in [0.717, 1.165) is 0 Å². The van der Waals surface area contributed by atoms with Gasteiger partial charge in [0.15, 0.2) is 5.56 Å². The van der Waals surface area contributed by atoms with Crippen molar-refractivity contribution >= 4 is 11.4 Å². The van der Waals surface area contributed by atoms with Crippen LogP contribution in [0.4, 0.5) is 11.4 Å². The Morgan fingerprint density at radius 3 is 2.73 bits per heavy atom. The van der Waals surface area contributed by atoms with Crippen LogP contribution in [0, 0.1) is 21.4 Å². The molecule has 5 nitrogen and oxygen atoms in total. The fraction of sp³-hybridized carbons (Fsp3) is 0.300. The first-order valence-corrected chi connectivity index (χ1v) is 4.50. The van der Waals surface area contributed by atoms with Gasteiger partial charge in [-0.2, -0.15) is 5.26 Å². The third-order valence-electron chi connectivity index (χ3n) is 2.21. The smallest absolute Gasteiger partial charge is 0.289 e. The Kier molecular flexibility index (Phi) is 3.24. The summed E-state index contributed by atoms with van der Waals surface area (Å²) in [5, 5.41) is 19.6. The van der Waals surface area contributed by atoms with E-state index in [0.29, 0.717) is 12.2 Å². The lowest BCUT2D eigenvalue weighted by atomic mass is 10.1. The van der Waals surface area contributed by atoms with Crippen LogP contribution in [0.2, 0.25) is 0 Å². The predicted octanol–water partition coefficient (Wildman–Crippen LogP) is 1.92. The Morgan fingerprint density at radius 1 is 1.60 bits per heavy atom. The van der Waals surface area contributed by atoms with Crippen molar-refractivity contribution in [3.8, 4) is 6.07 Å². The van der Waals surface area contributed by atoms with Crippen LogP contribution in [0.25, 0.3) is 0 Å². The summed E-state index contributed by atoms with van der Waals surface area (Å²) in [7, 11) is 1.79. The van der Waals surface area contributed by atoms with Crippen molar-refractivity contribution in [2.75, 3.05) is 18.5 Å². The quantitative estimate of drug-likeness (QED) is 0.558. The van der Waals surface area contributed by atoms with E-state index in [4.69, 9.17) is 5.26 Å². The molecule has 0 fully saturated rings. The third kappa shape index (κ3) is 2.05. The molecule has 0 aliphatic carbocycles. The molecule has 0 aliphatic rings. The normalized spacial score (nSPS) is 9.40. The van der Waals surface area contributed by atoms with Crippen LogP contribution in [0.5, 0.6) is 0 Å². The number of nitriles is 1. The summed E-state index contributed by atoms with van der Waals surface area (Å²) in [5.41, 5.74) is 0.566. The van der Waals surface area contributed by atoms with Gasteiger partial charge in [0.1, 0.15) is 6.07 Å². The monoisotopic (exact) mass is 205 g/mol. The molecule has 78 valence electrons. The van der Waals surface area contributed by atoms with Crippen molar-refractivity contribution in [1.29, 1.82) is 5.26 Å². The predicted molar refractivity (Wildman–Crippen MR) is 56.8 cm³/mol. The number of hydrogen-bond donors (Lipinski definition) is 0.